The van der Waals surface area contributed by atoms with Crippen LogP contribution in [0.25, 0.3) is 0 Å². The van der Waals surface area contributed by atoms with E-state index in [0.717, 1.165) is 19.0 Å². The molecule has 0 aliphatic carbocycles. The molecule has 1 unspecified atom stereocenters. The van der Waals surface area contributed by atoms with Gasteiger partial charge in [0.2, 0.25) is 0 Å². The number of para-hydroxylation sites is 1. The van der Waals surface area contributed by atoms with Gasteiger partial charge in [-0.15, -0.1) is 0 Å². The van der Waals surface area contributed by atoms with Gasteiger partial charge in [0.15, 0.2) is 0 Å². The van der Waals surface area contributed by atoms with E-state index in [2.05, 4.69) is 22.8 Å². The number of hydrogen-bond donors (Lipinski definition) is 2. The number of hydrogen-bond acceptors (Lipinski definition) is 3. The van der Waals surface area contributed by atoms with Gasteiger partial charge in [-0.05, 0) is 12.1 Å². The summed E-state index contributed by atoms with van der Waals surface area (Å²) in [7, 11) is 0. The second-order valence-electron chi connectivity index (χ2n) is 3.67. The number of rotatable bonds is 0. The second-order valence-corrected chi connectivity index (χ2v) is 3.67. The number of benzene rings is 1. The Labute approximate surface area is 82.8 Å². The van der Waals surface area contributed by atoms with E-state index < -0.39 is 0 Å². The lowest BCUT2D eigenvalue weighted by Crippen LogP contribution is -2.39. The van der Waals surface area contributed by atoms with Crippen molar-refractivity contribution in [2.45, 2.75) is 5.54 Å². The summed E-state index contributed by atoms with van der Waals surface area (Å²) in [5.74, 6) is 0.950. The van der Waals surface area contributed by atoms with E-state index in [1.54, 1.807) is 6.26 Å². The summed E-state index contributed by atoms with van der Waals surface area (Å²) < 4.78 is 5.46. The van der Waals surface area contributed by atoms with E-state index >= 15 is 0 Å². The third-order valence-corrected chi connectivity index (χ3v) is 2.85. The Morgan fingerprint density at radius 2 is 2.21 bits per heavy atom. The van der Waals surface area contributed by atoms with Gasteiger partial charge in [0.05, 0.1) is 11.8 Å². The van der Waals surface area contributed by atoms with Gasteiger partial charge < -0.3 is 10.1 Å². The maximum atomic E-state index is 5.46. The predicted molar refractivity (Wildman–Crippen MR) is 53.9 cm³/mol. The molecule has 2 aliphatic rings. The van der Waals surface area contributed by atoms with Gasteiger partial charge in [-0.3, -0.25) is 5.32 Å². The quantitative estimate of drug-likeness (QED) is 0.635. The summed E-state index contributed by atoms with van der Waals surface area (Å²) >= 11 is 0. The van der Waals surface area contributed by atoms with Crippen LogP contribution in [-0.2, 0) is 5.54 Å². The van der Waals surface area contributed by atoms with Crippen molar-refractivity contribution in [3.05, 3.63) is 42.2 Å². The van der Waals surface area contributed by atoms with Crippen LogP contribution in [0, 0.1) is 0 Å². The van der Waals surface area contributed by atoms with Gasteiger partial charge in [0.25, 0.3) is 0 Å². The molecule has 2 aliphatic heterocycles. The molecule has 3 heteroatoms. The van der Waals surface area contributed by atoms with Crippen LogP contribution in [0.1, 0.15) is 5.56 Å². The van der Waals surface area contributed by atoms with Crippen molar-refractivity contribution in [2.75, 3.05) is 13.2 Å². The van der Waals surface area contributed by atoms with E-state index in [1.165, 1.54) is 5.56 Å². The highest BCUT2D eigenvalue weighted by atomic mass is 16.5. The Morgan fingerprint density at radius 3 is 3.07 bits per heavy atom. The molecule has 0 amide bonds. The lowest BCUT2D eigenvalue weighted by atomic mass is 9.89. The summed E-state index contributed by atoms with van der Waals surface area (Å²) in [5.41, 5.74) is 1.15. The highest BCUT2D eigenvalue weighted by Crippen LogP contribution is 2.35. The molecule has 1 fully saturated rings. The Hall–Kier alpha value is -1.32. The Morgan fingerprint density at radius 1 is 1.29 bits per heavy atom. The third kappa shape index (κ3) is 0.997. The molecular formula is C11H12N2O. The molecule has 1 aromatic rings. The average Bonchev–Trinajstić information content (AvgIpc) is 2.68. The van der Waals surface area contributed by atoms with Gasteiger partial charge in [-0.1, -0.05) is 18.2 Å². The summed E-state index contributed by atoms with van der Waals surface area (Å²) in [4.78, 5) is 0. The molecule has 1 atom stereocenters. The molecule has 2 N–H and O–H groups in total. The molecule has 0 saturated carbocycles. The fourth-order valence-corrected chi connectivity index (χ4v) is 2.10. The normalized spacial score (nSPS) is 28.9. The first kappa shape index (κ1) is 8.03. The zero-order valence-electron chi connectivity index (χ0n) is 7.79. The van der Waals surface area contributed by atoms with Crippen molar-refractivity contribution in [1.82, 2.24) is 10.6 Å². The molecule has 0 aromatic heterocycles. The maximum absolute atomic E-state index is 5.46. The van der Waals surface area contributed by atoms with Crippen molar-refractivity contribution >= 4 is 0 Å². The summed E-state index contributed by atoms with van der Waals surface area (Å²) in [6.45, 7) is 1.77. The predicted octanol–water partition coefficient (Wildman–Crippen LogP) is 0.938. The molecular weight excluding hydrogens is 176 g/mol. The van der Waals surface area contributed by atoms with E-state index in [1.807, 2.05) is 18.2 Å². The maximum Gasteiger partial charge on any atom is 0.131 e. The molecule has 0 bridgehead atoms. The van der Waals surface area contributed by atoms with Gasteiger partial charge in [-0.2, -0.15) is 0 Å². The molecule has 1 saturated heterocycles. The Balaban J connectivity index is 2.15. The average molecular weight is 188 g/mol. The number of ether oxygens (including phenoxy) is 1. The van der Waals surface area contributed by atoms with Crippen LogP contribution in [0.15, 0.2) is 36.6 Å². The van der Waals surface area contributed by atoms with E-state index in [4.69, 9.17) is 4.74 Å². The van der Waals surface area contributed by atoms with E-state index in [-0.39, 0.29) is 5.54 Å². The van der Waals surface area contributed by atoms with Gasteiger partial charge >= 0.3 is 0 Å². The van der Waals surface area contributed by atoms with E-state index in [9.17, 15) is 0 Å². The van der Waals surface area contributed by atoms with Crippen LogP contribution >= 0.6 is 0 Å². The summed E-state index contributed by atoms with van der Waals surface area (Å²) in [6, 6.07) is 8.15. The third-order valence-electron chi connectivity index (χ3n) is 2.85. The minimum Gasteiger partial charge on any atom is -0.465 e. The highest BCUT2D eigenvalue weighted by Gasteiger charge is 2.36. The lowest BCUT2D eigenvalue weighted by molar-refractivity contribution is 0.400. The van der Waals surface area contributed by atoms with Gasteiger partial charge in [0.1, 0.15) is 5.75 Å². The van der Waals surface area contributed by atoms with Crippen LogP contribution in [0.2, 0.25) is 0 Å². The first-order valence-corrected chi connectivity index (χ1v) is 4.80. The minimum absolute atomic E-state index is 0.0607. The fourth-order valence-electron chi connectivity index (χ4n) is 2.10. The summed E-state index contributed by atoms with van der Waals surface area (Å²) in [5, 5.41) is 6.76. The molecule has 2 heterocycles. The highest BCUT2D eigenvalue weighted by molar-refractivity contribution is 5.45. The Bertz CT molecular complexity index is 381. The van der Waals surface area contributed by atoms with Crippen LogP contribution < -0.4 is 15.4 Å². The molecule has 72 valence electrons. The van der Waals surface area contributed by atoms with E-state index in [0.29, 0.717) is 0 Å². The standard InChI is InChI=1S/C11H12N2O/c1-2-4-10-9(3-1)11(5-6-14-10)7-12-8-13-11/h1-6,12-13H,7-8H2. The smallest absolute Gasteiger partial charge is 0.131 e. The Kier molecular flexibility index (Phi) is 1.63. The monoisotopic (exact) mass is 188 g/mol. The van der Waals surface area contributed by atoms with Crippen LogP contribution in [0.4, 0.5) is 0 Å². The van der Waals surface area contributed by atoms with Gasteiger partial charge in [0, 0.05) is 18.8 Å². The zero-order chi connectivity index (χ0) is 9.43. The van der Waals surface area contributed by atoms with Gasteiger partial charge in [-0.25, -0.2) is 0 Å². The number of fused-ring (bicyclic) bond motifs is 2. The minimum atomic E-state index is -0.0607. The lowest BCUT2D eigenvalue weighted by Gasteiger charge is -2.30. The molecule has 1 aromatic carbocycles. The molecule has 1 spiro atoms. The van der Waals surface area contributed by atoms with Crippen molar-refractivity contribution in [2.24, 2.45) is 0 Å². The van der Waals surface area contributed by atoms with Crippen molar-refractivity contribution < 1.29 is 4.74 Å². The van der Waals surface area contributed by atoms with Crippen molar-refractivity contribution in [3.63, 3.8) is 0 Å². The molecule has 14 heavy (non-hydrogen) atoms. The first-order valence-electron chi connectivity index (χ1n) is 4.80. The zero-order valence-corrected chi connectivity index (χ0v) is 7.79. The molecule has 3 nitrogen and oxygen atoms in total. The van der Waals surface area contributed by atoms with Crippen molar-refractivity contribution in [1.29, 1.82) is 0 Å². The van der Waals surface area contributed by atoms with Crippen LogP contribution in [0.3, 0.4) is 0 Å². The topological polar surface area (TPSA) is 33.3 Å². The molecule has 3 rings (SSSR count). The second kappa shape index (κ2) is 2.83. The fraction of sp³-hybridized carbons (Fsp3) is 0.273. The summed E-state index contributed by atoms with van der Waals surface area (Å²) in [6.07, 6.45) is 3.84. The number of nitrogens with one attached hydrogen (secondary N) is 2. The van der Waals surface area contributed by atoms with Crippen molar-refractivity contribution in [3.8, 4) is 5.75 Å². The SMILES string of the molecule is C1=CC2(CNCN2)c2ccccc2O1. The van der Waals surface area contributed by atoms with Crippen LogP contribution in [-0.4, -0.2) is 13.2 Å². The molecule has 0 radical (unpaired) electrons. The first-order chi connectivity index (χ1) is 6.91. The largest absolute Gasteiger partial charge is 0.465 e. The van der Waals surface area contributed by atoms with Crippen LogP contribution in [0.5, 0.6) is 5.75 Å².